The number of nitrogens with zero attached hydrogens (tertiary/aromatic N) is 5. The molecule has 12 heteroatoms. The molecule has 0 amide bonds. The van der Waals surface area contributed by atoms with Crippen LogP contribution in [0.1, 0.15) is 0 Å². The highest BCUT2D eigenvalue weighted by molar-refractivity contribution is 7.91. The lowest BCUT2D eigenvalue weighted by atomic mass is 10.2. The second-order valence-electron chi connectivity index (χ2n) is 5.41. The van der Waals surface area contributed by atoms with Gasteiger partial charge in [-0.3, -0.25) is 10.1 Å². The fourth-order valence-corrected chi connectivity index (χ4v) is 3.77. The van der Waals surface area contributed by atoms with Gasteiger partial charge in [-0.25, -0.2) is 13.1 Å². The van der Waals surface area contributed by atoms with Crippen LogP contribution in [-0.2, 0) is 16.9 Å². The number of rotatable bonds is 5. The lowest BCUT2D eigenvalue weighted by Gasteiger charge is -2.09. The van der Waals surface area contributed by atoms with Crippen LogP contribution >= 0.6 is 0 Å². The van der Waals surface area contributed by atoms with Gasteiger partial charge in [0, 0.05) is 24.7 Å². The quantitative estimate of drug-likeness (QED) is 0.501. The summed E-state index contributed by atoms with van der Waals surface area (Å²) in [5, 5.41) is 32.0. The van der Waals surface area contributed by atoms with Gasteiger partial charge in [-0.15, -0.1) is 5.10 Å². The number of nitro benzene ring substituents is 1. The Balaban J connectivity index is 2.17. The molecule has 3 aromatic rings. The number of aromatic hydroxyl groups is 1. The van der Waals surface area contributed by atoms with Crippen LogP contribution in [0.5, 0.6) is 11.5 Å². The van der Waals surface area contributed by atoms with Crippen molar-refractivity contribution in [1.82, 2.24) is 20.2 Å². The average Bonchev–Trinajstić information content (AvgIpc) is 3.07. The molecule has 0 fully saturated rings. The van der Waals surface area contributed by atoms with Gasteiger partial charge in [0.1, 0.15) is 0 Å². The maximum absolute atomic E-state index is 13.0. The second-order valence-corrected chi connectivity index (χ2v) is 7.36. The van der Waals surface area contributed by atoms with Crippen LogP contribution < -0.4 is 4.74 Å². The third-order valence-electron chi connectivity index (χ3n) is 3.78. The Kier molecular flexibility index (Phi) is 4.49. The van der Waals surface area contributed by atoms with Gasteiger partial charge in [-0.1, -0.05) is 12.1 Å². The van der Waals surface area contributed by atoms with Crippen molar-refractivity contribution in [2.24, 2.45) is 7.05 Å². The number of methoxy groups -OCH3 is 1. The number of tetrazole rings is 1. The van der Waals surface area contributed by atoms with E-state index in [0.29, 0.717) is 11.4 Å². The Hall–Kier alpha value is -3.54. The summed E-state index contributed by atoms with van der Waals surface area (Å²) in [7, 11) is -1.38. The van der Waals surface area contributed by atoms with Crippen LogP contribution in [0, 0.1) is 10.1 Å². The van der Waals surface area contributed by atoms with E-state index in [-0.39, 0.29) is 10.6 Å². The summed E-state index contributed by atoms with van der Waals surface area (Å²) in [5.74, 6) is -0.724. The molecule has 0 unspecified atom stereocenters. The van der Waals surface area contributed by atoms with Crippen molar-refractivity contribution in [2.45, 2.75) is 9.79 Å². The first-order chi connectivity index (χ1) is 12.8. The first kappa shape index (κ1) is 18.3. The number of hydrogen-bond donors (Lipinski definition) is 1. The second kappa shape index (κ2) is 6.64. The van der Waals surface area contributed by atoms with Crippen LogP contribution in [0.2, 0.25) is 0 Å². The minimum absolute atomic E-state index is 0.120. The van der Waals surface area contributed by atoms with Crippen molar-refractivity contribution in [3.05, 3.63) is 46.5 Å². The Bertz CT molecular complexity index is 1140. The molecule has 11 nitrogen and oxygen atoms in total. The van der Waals surface area contributed by atoms with E-state index in [9.17, 15) is 23.6 Å². The Morgan fingerprint density at radius 2 is 1.96 bits per heavy atom. The van der Waals surface area contributed by atoms with Gasteiger partial charge >= 0.3 is 5.69 Å². The van der Waals surface area contributed by atoms with Gasteiger partial charge in [0.2, 0.25) is 15.6 Å². The molecule has 1 N–H and O–H groups in total. The highest BCUT2D eigenvalue weighted by Gasteiger charge is 2.27. The van der Waals surface area contributed by atoms with Gasteiger partial charge in [-0.2, -0.15) is 0 Å². The smallest absolute Gasteiger partial charge is 0.315 e. The predicted octanol–water partition coefficient (Wildman–Crippen LogP) is 1.33. The van der Waals surface area contributed by atoms with Crippen molar-refractivity contribution in [1.29, 1.82) is 0 Å². The lowest BCUT2D eigenvalue weighted by Crippen LogP contribution is -2.05. The Morgan fingerprint density at radius 1 is 1.22 bits per heavy atom. The molecule has 0 bridgehead atoms. The third-order valence-corrected chi connectivity index (χ3v) is 5.51. The van der Waals surface area contributed by atoms with E-state index in [1.54, 1.807) is 13.1 Å². The molecule has 0 saturated heterocycles. The monoisotopic (exact) mass is 391 g/mol. The lowest BCUT2D eigenvalue weighted by molar-refractivity contribution is -0.386. The molecule has 2 aromatic carbocycles. The highest BCUT2D eigenvalue weighted by atomic mass is 32.2. The van der Waals surface area contributed by atoms with E-state index < -0.39 is 31.1 Å². The maximum atomic E-state index is 13.0. The topological polar surface area (TPSA) is 150 Å². The van der Waals surface area contributed by atoms with E-state index in [0.717, 1.165) is 19.2 Å². The zero-order valence-corrected chi connectivity index (χ0v) is 14.9. The minimum atomic E-state index is -4.14. The van der Waals surface area contributed by atoms with Crippen molar-refractivity contribution in [3.63, 3.8) is 0 Å². The summed E-state index contributed by atoms with van der Waals surface area (Å²) in [4.78, 5) is 9.72. The summed E-state index contributed by atoms with van der Waals surface area (Å²) in [6.07, 6.45) is 0. The van der Waals surface area contributed by atoms with Crippen LogP contribution in [0.3, 0.4) is 0 Å². The van der Waals surface area contributed by atoms with Crippen LogP contribution in [0.4, 0.5) is 5.69 Å². The molecule has 1 aromatic heterocycles. The Morgan fingerprint density at radius 3 is 2.56 bits per heavy atom. The number of ether oxygens (including phenoxy) is 1. The van der Waals surface area contributed by atoms with Crippen LogP contribution in [0.15, 0.2) is 46.2 Å². The number of benzene rings is 2. The summed E-state index contributed by atoms with van der Waals surface area (Å²) in [5.41, 5.74) is -0.328. The number of aryl methyl sites for hydroxylation is 1. The molecule has 1 heterocycles. The van der Waals surface area contributed by atoms with E-state index in [2.05, 4.69) is 15.5 Å². The molecular weight excluding hydrogens is 378 g/mol. The van der Waals surface area contributed by atoms with Crippen molar-refractivity contribution < 1.29 is 23.2 Å². The fourth-order valence-electron chi connectivity index (χ4n) is 2.43. The number of aromatic nitrogens is 4. The van der Waals surface area contributed by atoms with E-state index >= 15 is 0 Å². The van der Waals surface area contributed by atoms with Crippen molar-refractivity contribution in [2.75, 3.05) is 7.11 Å². The predicted molar refractivity (Wildman–Crippen MR) is 91.0 cm³/mol. The maximum Gasteiger partial charge on any atom is 0.315 e. The minimum Gasteiger partial charge on any atom is -0.500 e. The zero-order valence-electron chi connectivity index (χ0n) is 14.1. The molecule has 0 spiro atoms. The van der Waals surface area contributed by atoms with Crippen molar-refractivity contribution in [3.8, 4) is 22.9 Å². The summed E-state index contributed by atoms with van der Waals surface area (Å²) >= 11 is 0. The van der Waals surface area contributed by atoms with Crippen LogP contribution in [0.25, 0.3) is 11.4 Å². The number of nitro groups is 1. The normalized spacial score (nSPS) is 11.3. The molecule has 0 aliphatic heterocycles. The van der Waals surface area contributed by atoms with Gasteiger partial charge in [0.05, 0.1) is 21.8 Å². The molecule has 0 aliphatic rings. The van der Waals surface area contributed by atoms with E-state index in [4.69, 9.17) is 4.74 Å². The summed E-state index contributed by atoms with van der Waals surface area (Å²) in [6.45, 7) is 0. The van der Waals surface area contributed by atoms with Gasteiger partial charge in [0.25, 0.3) is 0 Å². The highest BCUT2D eigenvalue weighted by Crippen LogP contribution is 2.39. The third kappa shape index (κ3) is 3.17. The molecule has 0 atom stereocenters. The largest absolute Gasteiger partial charge is 0.500 e. The molecule has 3 rings (SSSR count). The molecule has 0 aliphatic carbocycles. The zero-order chi connectivity index (χ0) is 19.8. The molecule has 0 saturated carbocycles. The number of hydrogen-bond acceptors (Lipinski definition) is 9. The molecule has 0 radical (unpaired) electrons. The van der Waals surface area contributed by atoms with E-state index in [1.807, 2.05) is 0 Å². The first-order valence-electron chi connectivity index (χ1n) is 7.39. The number of phenols is 1. The van der Waals surface area contributed by atoms with Gasteiger partial charge < -0.3 is 9.84 Å². The SMILES string of the molecule is COc1cc(S(=O)(=O)c2cccc(-c3nnnn3C)c2)cc([N+](=O)[O-])c1O. The average molecular weight is 391 g/mol. The van der Waals surface area contributed by atoms with Gasteiger partial charge in [0.15, 0.2) is 11.6 Å². The number of phenolic OH excluding ortho intramolecular Hbond substituents is 1. The number of sulfone groups is 1. The van der Waals surface area contributed by atoms with Crippen molar-refractivity contribution >= 4 is 15.5 Å². The fraction of sp³-hybridized carbons (Fsp3) is 0.133. The van der Waals surface area contributed by atoms with E-state index in [1.165, 1.54) is 22.9 Å². The Labute approximate surface area is 152 Å². The van der Waals surface area contributed by atoms with Crippen LogP contribution in [-0.4, -0.2) is 45.8 Å². The van der Waals surface area contributed by atoms with Gasteiger partial charge in [-0.05, 0) is 22.6 Å². The summed E-state index contributed by atoms with van der Waals surface area (Å²) < 4.78 is 32.2. The molecule has 27 heavy (non-hydrogen) atoms. The molecular formula is C15H13N5O6S. The first-order valence-corrected chi connectivity index (χ1v) is 8.87. The standard InChI is InChI=1S/C15H13N5O6S/c1-19-15(16-17-18-19)9-4-3-5-10(6-9)27(24,25)11-7-12(20(22)23)14(21)13(8-11)26-2/h3-8,21H,1-2H3. The summed E-state index contributed by atoms with van der Waals surface area (Å²) in [6, 6.07) is 7.63. The molecule has 140 valence electrons.